The highest BCUT2D eigenvalue weighted by atomic mass is 32.1. The van der Waals surface area contributed by atoms with Crippen molar-refractivity contribution in [3.05, 3.63) is 15.6 Å². The lowest BCUT2D eigenvalue weighted by Gasteiger charge is -2.30. The molecular formula is C12H21N3S. The molecule has 1 saturated heterocycles. The summed E-state index contributed by atoms with van der Waals surface area (Å²) < 4.78 is 0. The Kier molecular flexibility index (Phi) is 3.95. The fourth-order valence-corrected chi connectivity index (χ4v) is 3.19. The van der Waals surface area contributed by atoms with Crippen molar-refractivity contribution in [3.8, 4) is 0 Å². The van der Waals surface area contributed by atoms with Gasteiger partial charge in [-0.25, -0.2) is 4.98 Å². The van der Waals surface area contributed by atoms with Crippen LogP contribution in [0.5, 0.6) is 0 Å². The first kappa shape index (κ1) is 12.0. The SMILES string of the molecule is Cc1nc(CN(C)C2CCNCC2)sc1C. The quantitative estimate of drug-likeness (QED) is 0.874. The van der Waals surface area contributed by atoms with E-state index >= 15 is 0 Å². The van der Waals surface area contributed by atoms with Crippen molar-refractivity contribution >= 4 is 11.3 Å². The van der Waals surface area contributed by atoms with Crippen LogP contribution in [0.15, 0.2) is 0 Å². The Bertz CT molecular complexity index is 323. The van der Waals surface area contributed by atoms with Crippen molar-refractivity contribution in [3.63, 3.8) is 0 Å². The molecule has 0 bridgehead atoms. The van der Waals surface area contributed by atoms with Gasteiger partial charge in [0.05, 0.1) is 12.2 Å². The third-order valence-electron chi connectivity index (χ3n) is 3.39. The van der Waals surface area contributed by atoms with Gasteiger partial charge in [-0.15, -0.1) is 11.3 Å². The van der Waals surface area contributed by atoms with Gasteiger partial charge in [-0.1, -0.05) is 0 Å². The second-order valence-corrected chi connectivity index (χ2v) is 5.93. The Morgan fingerprint density at radius 2 is 2.06 bits per heavy atom. The van der Waals surface area contributed by atoms with Crippen LogP contribution in [-0.2, 0) is 6.54 Å². The van der Waals surface area contributed by atoms with Crippen LogP contribution in [0.2, 0.25) is 0 Å². The molecule has 2 heterocycles. The van der Waals surface area contributed by atoms with E-state index in [9.17, 15) is 0 Å². The van der Waals surface area contributed by atoms with Crippen molar-refractivity contribution in [1.29, 1.82) is 0 Å². The molecule has 1 N–H and O–H groups in total. The molecular weight excluding hydrogens is 218 g/mol. The molecule has 1 aromatic rings. The van der Waals surface area contributed by atoms with Gasteiger partial charge in [0.1, 0.15) is 5.01 Å². The maximum atomic E-state index is 4.61. The zero-order valence-electron chi connectivity index (χ0n) is 10.4. The molecule has 2 rings (SSSR count). The number of aryl methyl sites for hydroxylation is 2. The number of rotatable bonds is 3. The van der Waals surface area contributed by atoms with Crippen molar-refractivity contribution in [2.45, 2.75) is 39.3 Å². The summed E-state index contributed by atoms with van der Waals surface area (Å²) in [5, 5.41) is 4.67. The zero-order valence-corrected chi connectivity index (χ0v) is 11.2. The Balaban J connectivity index is 1.93. The summed E-state index contributed by atoms with van der Waals surface area (Å²) in [6.45, 7) is 7.57. The Morgan fingerprint density at radius 3 is 2.62 bits per heavy atom. The summed E-state index contributed by atoms with van der Waals surface area (Å²) in [5.41, 5.74) is 1.19. The monoisotopic (exact) mass is 239 g/mol. The molecule has 0 radical (unpaired) electrons. The third-order valence-corrected chi connectivity index (χ3v) is 4.45. The number of nitrogens with zero attached hydrogens (tertiary/aromatic N) is 2. The lowest BCUT2D eigenvalue weighted by atomic mass is 10.1. The number of hydrogen-bond donors (Lipinski definition) is 1. The molecule has 0 saturated carbocycles. The number of piperidine rings is 1. The number of hydrogen-bond acceptors (Lipinski definition) is 4. The van der Waals surface area contributed by atoms with Crippen LogP contribution >= 0.6 is 11.3 Å². The number of thiazole rings is 1. The maximum absolute atomic E-state index is 4.61. The van der Waals surface area contributed by atoms with Gasteiger partial charge in [-0.3, -0.25) is 4.90 Å². The minimum atomic E-state index is 0.728. The summed E-state index contributed by atoms with van der Waals surface area (Å²) in [4.78, 5) is 8.42. The molecule has 1 aliphatic rings. The van der Waals surface area contributed by atoms with E-state index in [1.165, 1.54) is 28.4 Å². The molecule has 4 heteroatoms. The van der Waals surface area contributed by atoms with Gasteiger partial charge in [0, 0.05) is 10.9 Å². The molecule has 0 unspecified atom stereocenters. The highest BCUT2D eigenvalue weighted by molar-refractivity contribution is 7.11. The third kappa shape index (κ3) is 2.81. The Morgan fingerprint density at radius 1 is 1.38 bits per heavy atom. The molecule has 90 valence electrons. The van der Waals surface area contributed by atoms with Crippen molar-refractivity contribution < 1.29 is 0 Å². The first-order valence-corrected chi connectivity index (χ1v) is 6.82. The number of aromatic nitrogens is 1. The van der Waals surface area contributed by atoms with Crippen LogP contribution in [0.1, 0.15) is 28.4 Å². The van der Waals surface area contributed by atoms with Gasteiger partial charge in [0.25, 0.3) is 0 Å². The van der Waals surface area contributed by atoms with Gasteiger partial charge in [0.15, 0.2) is 0 Å². The van der Waals surface area contributed by atoms with Gasteiger partial charge < -0.3 is 5.32 Å². The predicted molar refractivity (Wildman–Crippen MR) is 68.9 cm³/mol. The molecule has 16 heavy (non-hydrogen) atoms. The summed E-state index contributed by atoms with van der Waals surface area (Å²) in [7, 11) is 2.22. The van der Waals surface area contributed by atoms with Crippen LogP contribution in [0.25, 0.3) is 0 Å². The molecule has 1 fully saturated rings. The van der Waals surface area contributed by atoms with Crippen molar-refractivity contribution in [1.82, 2.24) is 15.2 Å². The van der Waals surface area contributed by atoms with E-state index in [0.717, 1.165) is 25.7 Å². The fraction of sp³-hybridized carbons (Fsp3) is 0.750. The average Bonchev–Trinajstić information content (AvgIpc) is 2.59. The molecule has 0 atom stereocenters. The molecule has 0 spiro atoms. The largest absolute Gasteiger partial charge is 0.317 e. The van der Waals surface area contributed by atoms with E-state index in [4.69, 9.17) is 0 Å². The first-order chi connectivity index (χ1) is 7.66. The van der Waals surface area contributed by atoms with Gasteiger partial charge in [-0.05, 0) is 46.8 Å². The minimum Gasteiger partial charge on any atom is -0.317 e. The molecule has 0 aromatic carbocycles. The summed E-state index contributed by atoms with van der Waals surface area (Å²) in [5.74, 6) is 0. The van der Waals surface area contributed by atoms with Crippen LogP contribution < -0.4 is 5.32 Å². The molecule has 0 amide bonds. The second kappa shape index (κ2) is 5.25. The van der Waals surface area contributed by atoms with E-state index in [1.54, 1.807) is 0 Å². The fourth-order valence-electron chi connectivity index (χ4n) is 2.20. The minimum absolute atomic E-state index is 0.728. The van der Waals surface area contributed by atoms with Crippen LogP contribution in [0.4, 0.5) is 0 Å². The molecule has 1 aliphatic heterocycles. The first-order valence-electron chi connectivity index (χ1n) is 6.00. The van der Waals surface area contributed by atoms with Crippen molar-refractivity contribution in [2.75, 3.05) is 20.1 Å². The van der Waals surface area contributed by atoms with Gasteiger partial charge in [0.2, 0.25) is 0 Å². The standard InChI is InChI=1S/C12H21N3S/c1-9-10(2)16-12(14-9)8-15(3)11-4-6-13-7-5-11/h11,13H,4-8H2,1-3H3. The molecule has 3 nitrogen and oxygen atoms in total. The summed E-state index contributed by atoms with van der Waals surface area (Å²) in [6.07, 6.45) is 2.53. The Hall–Kier alpha value is -0.450. The smallest absolute Gasteiger partial charge is 0.107 e. The number of nitrogens with one attached hydrogen (secondary N) is 1. The highest BCUT2D eigenvalue weighted by Crippen LogP contribution is 2.20. The maximum Gasteiger partial charge on any atom is 0.107 e. The average molecular weight is 239 g/mol. The molecule has 0 aliphatic carbocycles. The van der Waals surface area contributed by atoms with Gasteiger partial charge in [-0.2, -0.15) is 0 Å². The molecule has 1 aromatic heterocycles. The second-order valence-electron chi connectivity index (χ2n) is 4.65. The highest BCUT2D eigenvalue weighted by Gasteiger charge is 2.18. The van der Waals surface area contributed by atoms with Crippen LogP contribution in [0, 0.1) is 13.8 Å². The van der Waals surface area contributed by atoms with E-state index in [-0.39, 0.29) is 0 Å². The van der Waals surface area contributed by atoms with Crippen LogP contribution in [-0.4, -0.2) is 36.1 Å². The summed E-state index contributed by atoms with van der Waals surface area (Å²) in [6, 6.07) is 0.728. The summed E-state index contributed by atoms with van der Waals surface area (Å²) >= 11 is 1.84. The van der Waals surface area contributed by atoms with E-state index in [0.29, 0.717) is 0 Å². The lowest BCUT2D eigenvalue weighted by Crippen LogP contribution is -2.40. The van der Waals surface area contributed by atoms with Crippen molar-refractivity contribution in [2.24, 2.45) is 0 Å². The zero-order chi connectivity index (χ0) is 11.5. The lowest BCUT2D eigenvalue weighted by molar-refractivity contribution is 0.191. The van der Waals surface area contributed by atoms with Crippen LogP contribution in [0.3, 0.4) is 0 Å². The topological polar surface area (TPSA) is 28.2 Å². The predicted octanol–water partition coefficient (Wildman–Crippen LogP) is 1.94. The van der Waals surface area contributed by atoms with Gasteiger partial charge >= 0.3 is 0 Å². The van der Waals surface area contributed by atoms with E-state index in [2.05, 4.69) is 36.1 Å². The van der Waals surface area contributed by atoms with E-state index in [1.807, 2.05) is 11.3 Å². The van der Waals surface area contributed by atoms with E-state index < -0.39 is 0 Å². The Labute approximate surface area is 102 Å². The normalized spacial score (nSPS) is 18.2.